The number of rotatable bonds is 9. The molecule has 8 heteroatoms. The Morgan fingerprint density at radius 1 is 1.21 bits per heavy atom. The molecular weight excluding hydrogens is 353 g/mol. The Hall–Kier alpha value is -0.730. The zero-order valence-electron chi connectivity index (χ0n) is 14.9. The zero-order chi connectivity index (χ0) is 18.5. The normalized spacial score (nSPS) is 12.8. The molecule has 0 spiro atoms. The lowest BCUT2D eigenvalue weighted by Crippen LogP contribution is -2.45. The van der Waals surface area contributed by atoms with Crippen LogP contribution in [0.15, 0.2) is 18.2 Å². The lowest BCUT2D eigenvalue weighted by atomic mass is 10.2. The molecule has 1 aromatic carbocycles. The van der Waals surface area contributed by atoms with Crippen LogP contribution in [0.5, 0.6) is 0 Å². The van der Waals surface area contributed by atoms with Crippen molar-refractivity contribution in [3.05, 3.63) is 34.6 Å². The molecule has 1 aromatic rings. The Labute approximate surface area is 150 Å². The molecule has 0 saturated carbocycles. The van der Waals surface area contributed by atoms with E-state index < -0.39 is 16.0 Å². The van der Waals surface area contributed by atoms with E-state index in [1.165, 1.54) is 25.2 Å². The summed E-state index contributed by atoms with van der Waals surface area (Å²) in [5.74, 6) is -0.518. The first-order valence-electron chi connectivity index (χ1n) is 7.95. The first-order chi connectivity index (χ1) is 11.1. The van der Waals surface area contributed by atoms with Gasteiger partial charge in [-0.1, -0.05) is 17.7 Å². The van der Waals surface area contributed by atoms with E-state index >= 15 is 0 Å². The van der Waals surface area contributed by atoms with Gasteiger partial charge in [0.2, 0.25) is 0 Å². The molecule has 0 radical (unpaired) electrons. The van der Waals surface area contributed by atoms with Gasteiger partial charge in [0.1, 0.15) is 5.82 Å². The minimum atomic E-state index is -3.71. The van der Waals surface area contributed by atoms with Crippen molar-refractivity contribution < 1.29 is 12.8 Å². The summed E-state index contributed by atoms with van der Waals surface area (Å²) in [6.07, 6.45) is 0. The average Bonchev–Trinajstić information content (AvgIpc) is 2.46. The van der Waals surface area contributed by atoms with Crippen molar-refractivity contribution in [1.29, 1.82) is 0 Å². The second kappa shape index (κ2) is 9.10. The van der Waals surface area contributed by atoms with Crippen LogP contribution in [0, 0.1) is 5.82 Å². The van der Waals surface area contributed by atoms with Crippen molar-refractivity contribution in [3.8, 4) is 0 Å². The van der Waals surface area contributed by atoms with E-state index in [9.17, 15) is 12.8 Å². The van der Waals surface area contributed by atoms with Gasteiger partial charge in [-0.05, 0) is 39.8 Å². The number of hydrogen-bond donors (Lipinski definition) is 1. The van der Waals surface area contributed by atoms with Crippen molar-refractivity contribution in [2.45, 2.75) is 46.3 Å². The molecule has 0 unspecified atom stereocenters. The second-order valence-corrected chi connectivity index (χ2v) is 8.55. The minimum Gasteiger partial charge on any atom is -0.297 e. The standard InChI is InChI=1S/C16H27ClFN3O2S/c1-12(2)21(13(3)4)10-9-19-24(22,23)20(5)11-14-15(17)7-6-8-16(14)18/h6-8,12-13,19H,9-11H2,1-5H3. The molecule has 138 valence electrons. The molecule has 0 aliphatic carbocycles. The van der Waals surface area contributed by atoms with E-state index in [4.69, 9.17) is 11.6 Å². The predicted molar refractivity (Wildman–Crippen MR) is 96.8 cm³/mol. The average molecular weight is 380 g/mol. The van der Waals surface area contributed by atoms with Crippen molar-refractivity contribution in [1.82, 2.24) is 13.9 Å². The molecule has 0 aliphatic heterocycles. The fraction of sp³-hybridized carbons (Fsp3) is 0.625. The van der Waals surface area contributed by atoms with Crippen molar-refractivity contribution in [3.63, 3.8) is 0 Å². The van der Waals surface area contributed by atoms with Crippen LogP contribution < -0.4 is 4.72 Å². The van der Waals surface area contributed by atoms with Gasteiger partial charge in [-0.2, -0.15) is 12.7 Å². The topological polar surface area (TPSA) is 52.7 Å². The Bertz CT molecular complexity index is 610. The van der Waals surface area contributed by atoms with Crippen molar-refractivity contribution in [2.75, 3.05) is 20.1 Å². The van der Waals surface area contributed by atoms with Crippen molar-refractivity contribution in [2.24, 2.45) is 0 Å². The lowest BCUT2D eigenvalue weighted by Gasteiger charge is -2.30. The van der Waals surface area contributed by atoms with Crippen LogP contribution in [-0.4, -0.2) is 49.8 Å². The summed E-state index contributed by atoms with van der Waals surface area (Å²) in [5.41, 5.74) is 0.165. The van der Waals surface area contributed by atoms with Gasteiger partial charge >= 0.3 is 0 Å². The molecule has 0 aromatic heterocycles. The van der Waals surface area contributed by atoms with Crippen LogP contribution in [0.4, 0.5) is 4.39 Å². The Morgan fingerprint density at radius 2 is 1.79 bits per heavy atom. The maximum absolute atomic E-state index is 13.8. The summed E-state index contributed by atoms with van der Waals surface area (Å²) in [6.45, 7) is 9.04. The number of nitrogens with one attached hydrogen (secondary N) is 1. The number of halogens is 2. The Balaban J connectivity index is 2.68. The summed E-state index contributed by atoms with van der Waals surface area (Å²) in [4.78, 5) is 2.19. The molecule has 1 rings (SSSR count). The molecule has 0 atom stereocenters. The summed E-state index contributed by atoms with van der Waals surface area (Å²) < 4.78 is 42.0. The van der Waals surface area contributed by atoms with Crippen LogP contribution >= 0.6 is 11.6 Å². The van der Waals surface area contributed by atoms with Crippen LogP contribution in [-0.2, 0) is 16.8 Å². The van der Waals surface area contributed by atoms with Gasteiger partial charge < -0.3 is 0 Å². The van der Waals surface area contributed by atoms with E-state index in [1.54, 1.807) is 0 Å². The number of benzene rings is 1. The minimum absolute atomic E-state index is 0.126. The molecule has 0 amide bonds. The quantitative estimate of drug-likeness (QED) is 0.717. The van der Waals surface area contributed by atoms with Gasteiger partial charge in [0, 0.05) is 49.4 Å². The highest BCUT2D eigenvalue weighted by Gasteiger charge is 2.21. The van der Waals surface area contributed by atoms with Gasteiger partial charge in [0.25, 0.3) is 10.2 Å². The first-order valence-corrected chi connectivity index (χ1v) is 9.77. The van der Waals surface area contributed by atoms with Crippen LogP contribution in [0.25, 0.3) is 0 Å². The van der Waals surface area contributed by atoms with Gasteiger partial charge in [-0.3, -0.25) is 4.90 Å². The molecule has 5 nitrogen and oxygen atoms in total. The third-order valence-corrected chi connectivity index (χ3v) is 5.71. The molecule has 0 bridgehead atoms. The molecule has 0 fully saturated rings. The van der Waals surface area contributed by atoms with Gasteiger partial charge in [0.05, 0.1) is 0 Å². The first kappa shape index (κ1) is 21.3. The maximum Gasteiger partial charge on any atom is 0.279 e. The lowest BCUT2D eigenvalue weighted by molar-refractivity contribution is 0.178. The van der Waals surface area contributed by atoms with E-state index in [1.807, 2.05) is 0 Å². The van der Waals surface area contributed by atoms with E-state index in [2.05, 4.69) is 37.3 Å². The predicted octanol–water partition coefficient (Wildman–Crippen LogP) is 2.86. The summed E-state index contributed by atoms with van der Waals surface area (Å²) in [6, 6.07) is 4.93. The fourth-order valence-corrected chi connectivity index (χ4v) is 3.61. The Kier molecular flexibility index (Phi) is 8.08. The summed E-state index contributed by atoms with van der Waals surface area (Å²) in [7, 11) is -2.31. The molecule has 24 heavy (non-hydrogen) atoms. The number of nitrogens with zero attached hydrogens (tertiary/aromatic N) is 2. The second-order valence-electron chi connectivity index (χ2n) is 6.28. The third-order valence-electron chi connectivity index (χ3n) is 3.83. The van der Waals surface area contributed by atoms with E-state index in [0.29, 0.717) is 18.6 Å². The monoisotopic (exact) mass is 379 g/mol. The SMILES string of the molecule is CC(C)N(CCNS(=O)(=O)N(C)Cc1c(F)cccc1Cl)C(C)C. The highest BCUT2D eigenvalue weighted by molar-refractivity contribution is 7.87. The highest BCUT2D eigenvalue weighted by atomic mass is 35.5. The number of hydrogen-bond acceptors (Lipinski definition) is 3. The summed E-state index contributed by atoms with van der Waals surface area (Å²) >= 11 is 5.95. The van der Waals surface area contributed by atoms with Gasteiger partial charge in [-0.25, -0.2) is 9.11 Å². The molecule has 0 heterocycles. The fourth-order valence-electron chi connectivity index (χ4n) is 2.52. The van der Waals surface area contributed by atoms with Gasteiger partial charge in [0.15, 0.2) is 0 Å². The van der Waals surface area contributed by atoms with Gasteiger partial charge in [-0.15, -0.1) is 0 Å². The van der Waals surface area contributed by atoms with Crippen molar-refractivity contribution >= 4 is 21.8 Å². The smallest absolute Gasteiger partial charge is 0.279 e. The van der Waals surface area contributed by atoms with E-state index in [-0.39, 0.29) is 23.7 Å². The summed E-state index contributed by atoms with van der Waals surface area (Å²) in [5, 5.41) is 0.211. The molecule has 0 aliphatic rings. The van der Waals surface area contributed by atoms with E-state index in [0.717, 1.165) is 4.31 Å². The highest BCUT2D eigenvalue weighted by Crippen LogP contribution is 2.21. The third kappa shape index (κ3) is 5.97. The zero-order valence-corrected chi connectivity index (χ0v) is 16.5. The molecule has 0 saturated heterocycles. The largest absolute Gasteiger partial charge is 0.297 e. The van der Waals surface area contributed by atoms with Crippen LogP contribution in [0.3, 0.4) is 0 Å². The van der Waals surface area contributed by atoms with Crippen LogP contribution in [0.2, 0.25) is 5.02 Å². The van der Waals surface area contributed by atoms with Crippen LogP contribution in [0.1, 0.15) is 33.3 Å². The molecular formula is C16H27ClFN3O2S. The maximum atomic E-state index is 13.8. The molecule has 1 N–H and O–H groups in total. The Morgan fingerprint density at radius 3 is 2.29 bits per heavy atom.